The smallest absolute Gasteiger partial charge is 0.272 e. The third-order valence-electron chi connectivity index (χ3n) is 7.06. The monoisotopic (exact) mass is 561 g/mol. The van der Waals surface area contributed by atoms with Gasteiger partial charge in [0.15, 0.2) is 0 Å². The average Bonchev–Trinajstić information content (AvgIpc) is 3.56. The molecule has 3 heterocycles. The molecular formula is C33H31N5O2S. The van der Waals surface area contributed by atoms with Gasteiger partial charge in [0.1, 0.15) is 17.3 Å². The van der Waals surface area contributed by atoms with Crippen LogP contribution in [0.1, 0.15) is 39.0 Å². The van der Waals surface area contributed by atoms with Crippen LogP contribution in [0.4, 0.5) is 5.69 Å². The molecule has 1 N–H and O–H groups in total. The van der Waals surface area contributed by atoms with Crippen LogP contribution in [-0.2, 0) is 19.4 Å². The van der Waals surface area contributed by atoms with Gasteiger partial charge in [-0.15, -0.1) is 11.3 Å². The lowest BCUT2D eigenvalue weighted by atomic mass is 10.1. The topological polar surface area (TPSA) is 91.0 Å². The van der Waals surface area contributed by atoms with Crippen molar-refractivity contribution in [1.29, 1.82) is 5.26 Å². The van der Waals surface area contributed by atoms with Crippen molar-refractivity contribution in [3.05, 3.63) is 128 Å². The molecule has 3 aromatic heterocycles. The maximum atomic E-state index is 13.7. The van der Waals surface area contributed by atoms with Crippen molar-refractivity contribution < 1.29 is 4.79 Å². The number of aryl methyl sites for hydroxylation is 2. The first kappa shape index (κ1) is 27.8. The van der Waals surface area contributed by atoms with Gasteiger partial charge in [-0.3, -0.25) is 14.2 Å². The van der Waals surface area contributed by atoms with E-state index in [4.69, 9.17) is 4.98 Å². The quantitative estimate of drug-likeness (QED) is 0.222. The summed E-state index contributed by atoms with van der Waals surface area (Å²) in [6.45, 7) is 3.60. The van der Waals surface area contributed by atoms with Crippen molar-refractivity contribution >= 4 is 34.0 Å². The van der Waals surface area contributed by atoms with E-state index < -0.39 is 0 Å². The Morgan fingerprint density at radius 3 is 2.37 bits per heavy atom. The van der Waals surface area contributed by atoms with Crippen LogP contribution in [0.15, 0.2) is 95.1 Å². The normalized spacial score (nSPS) is 10.8. The summed E-state index contributed by atoms with van der Waals surface area (Å²) in [5, 5.41) is 16.0. The lowest BCUT2D eigenvalue weighted by Gasteiger charge is -2.22. The van der Waals surface area contributed by atoms with E-state index >= 15 is 0 Å². The number of benzene rings is 2. The number of thiophene rings is 1. The molecule has 0 radical (unpaired) electrons. The summed E-state index contributed by atoms with van der Waals surface area (Å²) < 4.78 is 1.60. The van der Waals surface area contributed by atoms with E-state index in [-0.39, 0.29) is 17.0 Å². The third-order valence-corrected chi connectivity index (χ3v) is 7.92. The first-order valence-corrected chi connectivity index (χ1v) is 14.6. The summed E-state index contributed by atoms with van der Waals surface area (Å²) in [6, 6.07) is 29.7. The third kappa shape index (κ3) is 6.37. The maximum absolute atomic E-state index is 13.7. The Kier molecular flexibility index (Phi) is 8.87. The number of nitrogens with zero attached hydrogens (tertiary/aromatic N) is 4. The first-order valence-electron chi connectivity index (χ1n) is 13.7. The highest BCUT2D eigenvalue weighted by Crippen LogP contribution is 2.25. The van der Waals surface area contributed by atoms with Crippen LogP contribution in [0.3, 0.4) is 0 Å². The van der Waals surface area contributed by atoms with Gasteiger partial charge in [0.2, 0.25) is 0 Å². The lowest BCUT2D eigenvalue weighted by Crippen LogP contribution is -2.35. The number of pyridine rings is 2. The fraction of sp³-hybridized carbons (Fsp3) is 0.212. The van der Waals surface area contributed by atoms with Crippen LogP contribution in [0.25, 0.3) is 11.0 Å². The summed E-state index contributed by atoms with van der Waals surface area (Å²) >= 11 is 1.41. The second-order valence-corrected chi connectivity index (χ2v) is 10.6. The van der Waals surface area contributed by atoms with E-state index in [1.807, 2.05) is 85.1 Å². The number of nitriles is 1. The van der Waals surface area contributed by atoms with E-state index in [2.05, 4.69) is 23.5 Å². The largest absolute Gasteiger partial charge is 0.381 e. The SMILES string of the molecule is CCN(CCNc1c(C#N)c(=O)n(Cc2ccccc2)c2nc(CCc3ccccc3)ccc12)C(=O)c1cccs1. The summed E-state index contributed by atoms with van der Waals surface area (Å²) in [5.74, 6) is -0.0299. The molecule has 0 aliphatic heterocycles. The molecule has 1 amide bonds. The molecule has 0 saturated carbocycles. The Morgan fingerprint density at radius 2 is 1.71 bits per heavy atom. The molecule has 0 atom stereocenters. The Balaban J connectivity index is 1.49. The molecule has 2 aromatic carbocycles. The van der Waals surface area contributed by atoms with Gasteiger partial charge in [-0.2, -0.15) is 5.26 Å². The Labute approximate surface area is 243 Å². The zero-order chi connectivity index (χ0) is 28.6. The van der Waals surface area contributed by atoms with Crippen molar-refractivity contribution in [3.63, 3.8) is 0 Å². The van der Waals surface area contributed by atoms with Crippen molar-refractivity contribution in [1.82, 2.24) is 14.5 Å². The zero-order valence-electron chi connectivity index (χ0n) is 22.9. The number of carbonyl (C=O) groups is 1. The van der Waals surface area contributed by atoms with Gasteiger partial charge in [-0.1, -0.05) is 66.7 Å². The molecule has 5 aromatic rings. The van der Waals surface area contributed by atoms with E-state index in [1.165, 1.54) is 16.9 Å². The Morgan fingerprint density at radius 1 is 0.976 bits per heavy atom. The second-order valence-electron chi connectivity index (χ2n) is 9.69. The minimum absolute atomic E-state index is 0.0299. The van der Waals surface area contributed by atoms with Crippen LogP contribution in [0.5, 0.6) is 0 Å². The molecule has 0 saturated heterocycles. The van der Waals surface area contributed by atoms with E-state index in [1.54, 1.807) is 9.47 Å². The van der Waals surface area contributed by atoms with Gasteiger partial charge >= 0.3 is 0 Å². The standard InChI is InChI=1S/C33H31N5O2S/c1-2-37(33(40)29-14-9-21-41-29)20-19-35-30-27-18-17-26(16-15-24-10-5-3-6-11-24)36-31(27)38(32(39)28(30)22-34)23-25-12-7-4-8-13-25/h3-14,17-18,21,35H,2,15-16,19-20,23H2,1H3. The summed E-state index contributed by atoms with van der Waals surface area (Å²) in [6.07, 6.45) is 1.55. The number of amides is 1. The number of likely N-dealkylation sites (N-methyl/N-ethyl adjacent to an activating group) is 1. The fourth-order valence-electron chi connectivity index (χ4n) is 4.89. The number of fused-ring (bicyclic) bond motifs is 1. The number of rotatable bonds is 11. The predicted molar refractivity (Wildman–Crippen MR) is 164 cm³/mol. The summed E-state index contributed by atoms with van der Waals surface area (Å²) in [7, 11) is 0. The zero-order valence-corrected chi connectivity index (χ0v) is 23.7. The lowest BCUT2D eigenvalue weighted by molar-refractivity contribution is 0.0775. The number of nitrogens with one attached hydrogen (secondary N) is 1. The van der Waals surface area contributed by atoms with Gasteiger partial charge in [-0.25, -0.2) is 4.98 Å². The van der Waals surface area contributed by atoms with Crippen LogP contribution in [-0.4, -0.2) is 40.0 Å². The van der Waals surface area contributed by atoms with Gasteiger partial charge in [0.05, 0.1) is 17.1 Å². The van der Waals surface area contributed by atoms with Crippen LogP contribution < -0.4 is 10.9 Å². The molecular weight excluding hydrogens is 530 g/mol. The Bertz CT molecular complexity index is 1730. The molecule has 0 spiro atoms. The van der Waals surface area contributed by atoms with E-state index in [0.717, 1.165) is 24.1 Å². The number of carbonyl (C=O) groups excluding carboxylic acids is 1. The van der Waals surface area contributed by atoms with Gasteiger partial charge in [0, 0.05) is 30.7 Å². The van der Waals surface area contributed by atoms with Gasteiger partial charge in [0.25, 0.3) is 11.5 Å². The molecule has 0 aliphatic rings. The van der Waals surface area contributed by atoms with Crippen LogP contribution in [0.2, 0.25) is 0 Å². The summed E-state index contributed by atoms with van der Waals surface area (Å²) in [4.78, 5) is 34.0. The highest BCUT2D eigenvalue weighted by molar-refractivity contribution is 7.12. The Hall–Kier alpha value is -4.74. The van der Waals surface area contributed by atoms with E-state index in [0.29, 0.717) is 47.8 Å². The number of anilines is 1. The fourth-order valence-corrected chi connectivity index (χ4v) is 5.58. The van der Waals surface area contributed by atoms with Crippen LogP contribution in [0, 0.1) is 11.3 Å². The molecule has 8 heteroatoms. The molecule has 7 nitrogen and oxygen atoms in total. The van der Waals surface area contributed by atoms with Crippen molar-refractivity contribution in [3.8, 4) is 6.07 Å². The molecule has 0 fully saturated rings. The average molecular weight is 562 g/mol. The maximum Gasteiger partial charge on any atom is 0.272 e. The molecule has 206 valence electrons. The molecule has 5 rings (SSSR count). The van der Waals surface area contributed by atoms with Gasteiger partial charge in [-0.05, 0) is 54.5 Å². The minimum Gasteiger partial charge on any atom is -0.381 e. The second kappa shape index (κ2) is 13.1. The number of hydrogen-bond donors (Lipinski definition) is 1. The van der Waals surface area contributed by atoms with Gasteiger partial charge < -0.3 is 10.2 Å². The number of aromatic nitrogens is 2. The van der Waals surface area contributed by atoms with Crippen molar-refractivity contribution in [2.45, 2.75) is 26.3 Å². The van der Waals surface area contributed by atoms with Crippen molar-refractivity contribution in [2.75, 3.05) is 25.0 Å². The summed E-state index contributed by atoms with van der Waals surface area (Å²) in [5.41, 5.74) is 3.68. The molecule has 0 unspecified atom stereocenters. The first-order chi connectivity index (χ1) is 20.1. The molecule has 0 bridgehead atoms. The predicted octanol–water partition coefficient (Wildman–Crippen LogP) is 5.74. The highest BCUT2D eigenvalue weighted by Gasteiger charge is 2.20. The van der Waals surface area contributed by atoms with Crippen molar-refractivity contribution in [2.24, 2.45) is 0 Å². The molecule has 0 aliphatic carbocycles. The minimum atomic E-state index is -0.388. The van der Waals surface area contributed by atoms with E-state index in [9.17, 15) is 14.9 Å². The van der Waals surface area contributed by atoms with Crippen LogP contribution >= 0.6 is 11.3 Å². The number of hydrogen-bond acceptors (Lipinski definition) is 6. The molecule has 41 heavy (non-hydrogen) atoms. The highest BCUT2D eigenvalue weighted by atomic mass is 32.1.